The fourth-order valence-electron chi connectivity index (χ4n) is 2.98. The van der Waals surface area contributed by atoms with Crippen LogP contribution < -0.4 is 4.31 Å². The summed E-state index contributed by atoms with van der Waals surface area (Å²) in [6.45, 7) is 6.35. The quantitative estimate of drug-likeness (QED) is 0.664. The molecule has 0 bridgehead atoms. The molecule has 0 atom stereocenters. The van der Waals surface area contributed by atoms with Crippen LogP contribution in [0.4, 0.5) is 5.69 Å². The van der Waals surface area contributed by atoms with Crippen molar-refractivity contribution >= 4 is 28.0 Å². The van der Waals surface area contributed by atoms with Crippen LogP contribution in [0.5, 0.6) is 0 Å². The maximum atomic E-state index is 12.3. The van der Waals surface area contributed by atoms with E-state index in [1.165, 1.54) is 10.6 Å². The molecular weight excluding hydrogens is 354 g/mol. The smallest absolute Gasteiger partial charge is 0.232 e. The molecule has 26 heavy (non-hydrogen) atoms. The Balaban J connectivity index is 1.95. The van der Waals surface area contributed by atoms with Gasteiger partial charge in [0.05, 0.1) is 11.9 Å². The van der Waals surface area contributed by atoms with E-state index in [-0.39, 0.29) is 18.9 Å². The van der Waals surface area contributed by atoms with Crippen molar-refractivity contribution < 1.29 is 18.0 Å². The molecule has 1 aliphatic heterocycles. The number of rotatable bonds is 7. The first-order chi connectivity index (χ1) is 12.2. The lowest BCUT2D eigenvalue weighted by atomic mass is 10.1. The summed E-state index contributed by atoms with van der Waals surface area (Å²) in [5, 5.41) is 0. The molecule has 2 rings (SSSR count). The van der Waals surface area contributed by atoms with Gasteiger partial charge in [-0.25, -0.2) is 8.42 Å². The van der Waals surface area contributed by atoms with E-state index >= 15 is 0 Å². The molecule has 1 aromatic rings. The molecule has 1 aliphatic rings. The average Bonchev–Trinajstić information content (AvgIpc) is 2.60. The predicted octanol–water partition coefficient (Wildman–Crippen LogP) is 1.15. The summed E-state index contributed by atoms with van der Waals surface area (Å²) in [5.41, 5.74) is 2.76. The van der Waals surface area contributed by atoms with Crippen molar-refractivity contribution in [1.82, 2.24) is 9.80 Å². The molecule has 0 spiro atoms. The highest BCUT2D eigenvalue weighted by Gasteiger charge is 2.22. The van der Waals surface area contributed by atoms with Gasteiger partial charge in [-0.3, -0.25) is 13.9 Å². The number of benzene rings is 1. The normalized spacial score (nSPS) is 15.0. The predicted molar refractivity (Wildman–Crippen MR) is 102 cm³/mol. The number of nitrogens with zero attached hydrogens (tertiary/aromatic N) is 3. The third-order valence-corrected chi connectivity index (χ3v) is 5.94. The summed E-state index contributed by atoms with van der Waals surface area (Å²) >= 11 is 0. The van der Waals surface area contributed by atoms with Gasteiger partial charge in [-0.15, -0.1) is 0 Å². The minimum atomic E-state index is -3.42. The number of anilines is 1. The van der Waals surface area contributed by atoms with Crippen molar-refractivity contribution in [3.63, 3.8) is 0 Å². The highest BCUT2D eigenvalue weighted by Crippen LogP contribution is 2.22. The van der Waals surface area contributed by atoms with E-state index in [0.717, 1.165) is 17.5 Å². The average molecular weight is 381 g/mol. The molecule has 1 heterocycles. The molecule has 2 amide bonds. The van der Waals surface area contributed by atoms with E-state index in [2.05, 4.69) is 0 Å². The van der Waals surface area contributed by atoms with Crippen LogP contribution in [0.15, 0.2) is 18.2 Å². The zero-order valence-corrected chi connectivity index (χ0v) is 16.5. The van der Waals surface area contributed by atoms with Gasteiger partial charge in [0.1, 0.15) is 0 Å². The van der Waals surface area contributed by atoms with Crippen LogP contribution in [0.3, 0.4) is 0 Å². The van der Waals surface area contributed by atoms with Crippen LogP contribution in [0.2, 0.25) is 0 Å². The van der Waals surface area contributed by atoms with E-state index < -0.39 is 10.0 Å². The molecule has 0 N–H and O–H groups in total. The summed E-state index contributed by atoms with van der Waals surface area (Å²) in [6, 6.07) is 5.56. The SMILES string of the molecule is Cc1ccc(N(CCCC(=O)N2CCN(C=O)CC2)S(C)(=O)=O)cc1C. The van der Waals surface area contributed by atoms with Gasteiger partial charge >= 0.3 is 0 Å². The van der Waals surface area contributed by atoms with Crippen LogP contribution in [0, 0.1) is 13.8 Å². The van der Waals surface area contributed by atoms with Gasteiger partial charge in [0.2, 0.25) is 22.3 Å². The number of carbonyl (C=O) groups excluding carboxylic acids is 2. The van der Waals surface area contributed by atoms with E-state index in [9.17, 15) is 18.0 Å². The number of sulfonamides is 1. The molecule has 1 aromatic carbocycles. The molecule has 1 saturated heterocycles. The lowest BCUT2D eigenvalue weighted by Gasteiger charge is -2.32. The van der Waals surface area contributed by atoms with Crippen molar-refractivity contribution in [1.29, 1.82) is 0 Å². The van der Waals surface area contributed by atoms with Crippen LogP contribution in [-0.2, 0) is 19.6 Å². The van der Waals surface area contributed by atoms with Gasteiger partial charge in [-0.2, -0.15) is 0 Å². The molecule has 8 heteroatoms. The van der Waals surface area contributed by atoms with Gasteiger partial charge in [-0.1, -0.05) is 6.07 Å². The lowest BCUT2D eigenvalue weighted by molar-refractivity contribution is -0.135. The fraction of sp³-hybridized carbons (Fsp3) is 0.556. The standard InChI is InChI=1S/C18H27N3O4S/c1-15-6-7-17(13-16(15)2)21(26(3,24)25)8-4-5-18(23)20-11-9-19(14-22)10-12-20/h6-7,13-14H,4-5,8-12H2,1-3H3. The van der Waals surface area contributed by atoms with Gasteiger partial charge in [0, 0.05) is 39.1 Å². The summed E-state index contributed by atoms with van der Waals surface area (Å²) in [5.74, 6) is 0.00378. The minimum Gasteiger partial charge on any atom is -0.342 e. The molecule has 0 saturated carbocycles. The van der Waals surface area contributed by atoms with Crippen molar-refractivity contribution in [3.05, 3.63) is 29.3 Å². The first kappa shape index (κ1) is 20.2. The molecule has 0 radical (unpaired) electrons. The second-order valence-corrected chi connectivity index (χ2v) is 8.64. The molecule has 0 unspecified atom stereocenters. The number of carbonyl (C=O) groups is 2. The third-order valence-electron chi connectivity index (χ3n) is 4.75. The van der Waals surface area contributed by atoms with Crippen LogP contribution >= 0.6 is 0 Å². The number of hydrogen-bond acceptors (Lipinski definition) is 4. The molecule has 0 aliphatic carbocycles. The summed E-state index contributed by atoms with van der Waals surface area (Å²) in [7, 11) is -3.42. The number of amides is 2. The first-order valence-electron chi connectivity index (χ1n) is 8.74. The van der Waals surface area contributed by atoms with Crippen molar-refractivity contribution in [2.75, 3.05) is 43.3 Å². The summed E-state index contributed by atoms with van der Waals surface area (Å²) in [4.78, 5) is 26.4. The van der Waals surface area contributed by atoms with Crippen molar-refractivity contribution in [2.24, 2.45) is 0 Å². The zero-order valence-electron chi connectivity index (χ0n) is 15.6. The maximum Gasteiger partial charge on any atom is 0.232 e. The second kappa shape index (κ2) is 8.53. The van der Waals surface area contributed by atoms with Gasteiger partial charge in [-0.05, 0) is 43.5 Å². The van der Waals surface area contributed by atoms with Crippen molar-refractivity contribution in [2.45, 2.75) is 26.7 Å². The Morgan fingerprint density at radius 1 is 1.15 bits per heavy atom. The zero-order chi connectivity index (χ0) is 19.3. The Bertz CT molecular complexity index is 756. The largest absolute Gasteiger partial charge is 0.342 e. The highest BCUT2D eigenvalue weighted by atomic mass is 32.2. The van der Waals surface area contributed by atoms with Crippen LogP contribution in [-0.4, -0.2) is 69.5 Å². The van der Waals surface area contributed by atoms with Gasteiger partial charge in [0.15, 0.2) is 0 Å². The van der Waals surface area contributed by atoms with Gasteiger partial charge < -0.3 is 9.80 Å². The molecular formula is C18H27N3O4S. The Labute approximate surface area is 155 Å². The second-order valence-electron chi connectivity index (χ2n) is 6.73. The van der Waals surface area contributed by atoms with E-state index in [4.69, 9.17) is 0 Å². The van der Waals surface area contributed by atoms with E-state index in [0.29, 0.717) is 38.3 Å². The first-order valence-corrected chi connectivity index (χ1v) is 10.6. The Hall–Kier alpha value is -2.09. The van der Waals surface area contributed by atoms with Crippen LogP contribution in [0.25, 0.3) is 0 Å². The van der Waals surface area contributed by atoms with Gasteiger partial charge in [0.25, 0.3) is 0 Å². The maximum absolute atomic E-state index is 12.3. The summed E-state index contributed by atoms with van der Waals surface area (Å²) < 4.78 is 25.7. The highest BCUT2D eigenvalue weighted by molar-refractivity contribution is 7.92. The van der Waals surface area contributed by atoms with E-state index in [1.54, 1.807) is 15.9 Å². The fourth-order valence-corrected chi connectivity index (χ4v) is 3.93. The lowest BCUT2D eigenvalue weighted by Crippen LogP contribution is -2.48. The third kappa shape index (κ3) is 5.20. The minimum absolute atomic E-state index is 0.00378. The Morgan fingerprint density at radius 3 is 2.35 bits per heavy atom. The number of aryl methyl sites for hydroxylation is 2. The monoisotopic (exact) mass is 381 g/mol. The van der Waals surface area contributed by atoms with Crippen molar-refractivity contribution in [3.8, 4) is 0 Å². The molecule has 7 nitrogen and oxygen atoms in total. The number of piperazine rings is 1. The Kier molecular flexibility index (Phi) is 6.63. The Morgan fingerprint density at radius 2 is 1.81 bits per heavy atom. The van der Waals surface area contributed by atoms with E-state index in [1.807, 2.05) is 26.0 Å². The van der Waals surface area contributed by atoms with Crippen LogP contribution in [0.1, 0.15) is 24.0 Å². The number of hydrogen-bond donors (Lipinski definition) is 0. The molecule has 0 aromatic heterocycles. The summed E-state index contributed by atoms with van der Waals surface area (Å²) in [6.07, 6.45) is 2.72. The molecule has 1 fully saturated rings. The molecule has 144 valence electrons. The topological polar surface area (TPSA) is 78.0 Å².